The Morgan fingerprint density at radius 3 is 2.64 bits per heavy atom. The van der Waals surface area contributed by atoms with Gasteiger partial charge in [0.1, 0.15) is 11.9 Å². The van der Waals surface area contributed by atoms with Crippen LogP contribution in [-0.4, -0.2) is 4.98 Å². The summed E-state index contributed by atoms with van der Waals surface area (Å²) in [7, 11) is 0. The second kappa shape index (κ2) is 3.98. The van der Waals surface area contributed by atoms with E-state index >= 15 is 0 Å². The van der Waals surface area contributed by atoms with E-state index < -0.39 is 12.0 Å². The lowest BCUT2D eigenvalue weighted by Crippen LogP contribution is -2.08. The average Bonchev–Trinajstić information content (AvgIpc) is 2.15. The fraction of sp³-hybridized carbons (Fsp3) is 0.250. The molecule has 0 amide bonds. The summed E-state index contributed by atoms with van der Waals surface area (Å²) in [5, 5.41) is 8.57. The first kappa shape index (κ1) is 10.3. The second-order valence-corrected chi connectivity index (χ2v) is 2.59. The van der Waals surface area contributed by atoms with Crippen molar-refractivity contribution in [2.45, 2.75) is 13.0 Å². The number of alkyl halides is 2. The number of anilines is 1. The van der Waals surface area contributed by atoms with E-state index in [2.05, 4.69) is 4.98 Å². The lowest BCUT2D eigenvalue weighted by Gasteiger charge is -2.08. The largest absolute Gasteiger partial charge is 0.384 e. The lowest BCUT2D eigenvalue weighted by atomic mass is 10.1. The molecular formula is C8H8F2N4. The SMILES string of the molecule is N#Cc1nc(N)cc(CN)c1C(F)F. The fourth-order valence-electron chi connectivity index (χ4n) is 1.13. The average molecular weight is 198 g/mol. The monoisotopic (exact) mass is 198 g/mol. The van der Waals surface area contributed by atoms with Crippen molar-refractivity contribution in [3.05, 3.63) is 22.9 Å². The highest BCUT2D eigenvalue weighted by Crippen LogP contribution is 2.26. The first-order chi connectivity index (χ1) is 6.60. The molecule has 0 radical (unpaired) electrons. The first-order valence-electron chi connectivity index (χ1n) is 3.77. The predicted octanol–water partition coefficient (Wildman–Crippen LogP) is 0.932. The molecule has 0 aliphatic rings. The third-order valence-electron chi connectivity index (χ3n) is 1.71. The first-order valence-corrected chi connectivity index (χ1v) is 3.77. The van der Waals surface area contributed by atoms with Crippen LogP contribution in [0.2, 0.25) is 0 Å². The Hall–Kier alpha value is -1.74. The van der Waals surface area contributed by atoms with Crippen molar-refractivity contribution < 1.29 is 8.78 Å². The molecule has 0 spiro atoms. The zero-order valence-corrected chi connectivity index (χ0v) is 7.17. The van der Waals surface area contributed by atoms with Crippen LogP contribution < -0.4 is 11.5 Å². The summed E-state index contributed by atoms with van der Waals surface area (Å²) in [6.45, 7) is -0.0962. The third kappa shape index (κ3) is 1.78. The number of nitrogens with zero attached hydrogens (tertiary/aromatic N) is 2. The Balaban J connectivity index is 3.42. The van der Waals surface area contributed by atoms with Gasteiger partial charge < -0.3 is 11.5 Å². The molecule has 0 bridgehead atoms. The van der Waals surface area contributed by atoms with Gasteiger partial charge in [-0.25, -0.2) is 13.8 Å². The van der Waals surface area contributed by atoms with E-state index in [1.54, 1.807) is 6.07 Å². The van der Waals surface area contributed by atoms with Crippen LogP contribution in [-0.2, 0) is 6.54 Å². The number of nitrogens with two attached hydrogens (primary N) is 2. The number of pyridine rings is 1. The zero-order chi connectivity index (χ0) is 10.7. The van der Waals surface area contributed by atoms with Gasteiger partial charge in [-0.05, 0) is 11.6 Å². The van der Waals surface area contributed by atoms with Crippen molar-refractivity contribution in [1.82, 2.24) is 4.98 Å². The summed E-state index contributed by atoms with van der Waals surface area (Å²) in [4.78, 5) is 3.50. The molecule has 4 nitrogen and oxygen atoms in total. The van der Waals surface area contributed by atoms with E-state index in [0.29, 0.717) is 0 Å². The highest BCUT2D eigenvalue weighted by atomic mass is 19.3. The van der Waals surface area contributed by atoms with Crippen LogP contribution in [0.5, 0.6) is 0 Å². The molecule has 4 N–H and O–H groups in total. The molecule has 14 heavy (non-hydrogen) atoms. The smallest absolute Gasteiger partial charge is 0.266 e. The lowest BCUT2D eigenvalue weighted by molar-refractivity contribution is 0.149. The number of hydrogen-bond donors (Lipinski definition) is 2. The van der Waals surface area contributed by atoms with Gasteiger partial charge in [0.25, 0.3) is 6.43 Å². The Bertz CT molecular complexity index is 384. The van der Waals surface area contributed by atoms with Gasteiger partial charge in [0.05, 0.1) is 5.56 Å². The van der Waals surface area contributed by atoms with Gasteiger partial charge in [0.2, 0.25) is 0 Å². The van der Waals surface area contributed by atoms with Crippen LogP contribution >= 0.6 is 0 Å². The minimum absolute atomic E-state index is 0.0198. The Labute approximate surface area is 79.1 Å². The number of halogens is 2. The van der Waals surface area contributed by atoms with Crippen LogP contribution in [0.25, 0.3) is 0 Å². The Morgan fingerprint density at radius 1 is 1.57 bits per heavy atom. The van der Waals surface area contributed by atoms with Crippen LogP contribution in [0.15, 0.2) is 6.07 Å². The van der Waals surface area contributed by atoms with Crippen molar-refractivity contribution in [3.63, 3.8) is 0 Å². The standard InChI is InChI=1S/C8H8F2N4/c9-8(10)7-4(2-11)1-6(13)14-5(7)3-12/h1,8H,2,11H2,(H2,13,14). The second-order valence-electron chi connectivity index (χ2n) is 2.59. The summed E-state index contributed by atoms with van der Waals surface area (Å²) in [5.74, 6) is 0.0198. The van der Waals surface area contributed by atoms with Crippen molar-refractivity contribution in [2.24, 2.45) is 5.73 Å². The van der Waals surface area contributed by atoms with E-state index in [0.717, 1.165) is 0 Å². The van der Waals surface area contributed by atoms with Crippen molar-refractivity contribution >= 4 is 5.82 Å². The third-order valence-corrected chi connectivity index (χ3v) is 1.71. The summed E-state index contributed by atoms with van der Waals surface area (Å²) in [5.41, 5.74) is 9.94. The Kier molecular flexibility index (Phi) is 2.94. The molecule has 0 saturated heterocycles. The highest BCUT2D eigenvalue weighted by Gasteiger charge is 2.19. The maximum Gasteiger partial charge on any atom is 0.266 e. The van der Waals surface area contributed by atoms with Crippen molar-refractivity contribution in [2.75, 3.05) is 5.73 Å². The zero-order valence-electron chi connectivity index (χ0n) is 7.17. The molecule has 1 aromatic rings. The van der Waals surface area contributed by atoms with Crippen LogP contribution in [0.4, 0.5) is 14.6 Å². The summed E-state index contributed by atoms with van der Waals surface area (Å²) >= 11 is 0. The maximum atomic E-state index is 12.5. The van der Waals surface area contributed by atoms with E-state index in [1.807, 2.05) is 0 Å². The molecule has 1 aromatic heterocycles. The van der Waals surface area contributed by atoms with Crippen LogP contribution in [0.1, 0.15) is 23.2 Å². The molecule has 1 heterocycles. The van der Waals surface area contributed by atoms with E-state index in [1.165, 1.54) is 6.07 Å². The molecule has 6 heteroatoms. The van der Waals surface area contributed by atoms with Crippen LogP contribution in [0, 0.1) is 11.3 Å². The normalized spacial score (nSPS) is 10.2. The molecule has 0 aliphatic heterocycles. The van der Waals surface area contributed by atoms with Gasteiger partial charge in [-0.3, -0.25) is 0 Å². The summed E-state index contributed by atoms with van der Waals surface area (Å²) in [6.07, 6.45) is -2.77. The van der Waals surface area contributed by atoms with E-state index in [-0.39, 0.29) is 23.6 Å². The molecule has 0 aromatic carbocycles. The molecule has 0 atom stereocenters. The molecule has 0 saturated carbocycles. The fourth-order valence-corrected chi connectivity index (χ4v) is 1.13. The van der Waals surface area contributed by atoms with E-state index in [9.17, 15) is 8.78 Å². The molecule has 0 aliphatic carbocycles. The summed E-state index contributed by atoms with van der Waals surface area (Å²) in [6, 6.07) is 2.82. The van der Waals surface area contributed by atoms with Gasteiger partial charge in [-0.2, -0.15) is 5.26 Å². The molecule has 0 unspecified atom stereocenters. The molecule has 1 rings (SSSR count). The number of nitrogen functional groups attached to an aromatic ring is 1. The van der Waals surface area contributed by atoms with Gasteiger partial charge >= 0.3 is 0 Å². The van der Waals surface area contributed by atoms with Gasteiger partial charge in [-0.15, -0.1) is 0 Å². The summed E-state index contributed by atoms with van der Waals surface area (Å²) < 4.78 is 25.0. The van der Waals surface area contributed by atoms with Gasteiger partial charge in [0, 0.05) is 6.54 Å². The van der Waals surface area contributed by atoms with Gasteiger partial charge in [-0.1, -0.05) is 0 Å². The number of aromatic nitrogens is 1. The predicted molar refractivity (Wildman–Crippen MR) is 46.2 cm³/mol. The van der Waals surface area contributed by atoms with Crippen molar-refractivity contribution in [1.29, 1.82) is 5.26 Å². The maximum absolute atomic E-state index is 12.5. The molecule has 74 valence electrons. The number of rotatable bonds is 2. The van der Waals surface area contributed by atoms with Crippen LogP contribution in [0.3, 0.4) is 0 Å². The minimum Gasteiger partial charge on any atom is -0.384 e. The quantitative estimate of drug-likeness (QED) is 0.739. The Morgan fingerprint density at radius 2 is 2.21 bits per heavy atom. The van der Waals surface area contributed by atoms with Crippen molar-refractivity contribution in [3.8, 4) is 6.07 Å². The number of hydrogen-bond acceptors (Lipinski definition) is 4. The van der Waals surface area contributed by atoms with Gasteiger partial charge in [0.15, 0.2) is 5.69 Å². The molecular weight excluding hydrogens is 190 g/mol. The van der Waals surface area contributed by atoms with E-state index in [4.69, 9.17) is 16.7 Å². The highest BCUT2D eigenvalue weighted by molar-refractivity contribution is 5.46. The number of nitriles is 1. The molecule has 0 fully saturated rings. The topological polar surface area (TPSA) is 88.7 Å². The minimum atomic E-state index is -2.77.